The average Bonchev–Trinajstić information content (AvgIpc) is 2.20. The van der Waals surface area contributed by atoms with Crippen LogP contribution in [-0.2, 0) is 6.42 Å². The van der Waals surface area contributed by atoms with Crippen molar-refractivity contribution in [1.29, 1.82) is 5.26 Å². The summed E-state index contributed by atoms with van der Waals surface area (Å²) in [5, 5.41) is 8.46. The average molecular weight is 213 g/mol. The van der Waals surface area contributed by atoms with E-state index in [1.165, 1.54) is 13.3 Å². The van der Waals surface area contributed by atoms with Crippen LogP contribution in [0, 0.1) is 11.3 Å². The Kier molecular flexibility index (Phi) is 3.39. The first-order valence-corrected chi connectivity index (χ1v) is 4.08. The summed E-state index contributed by atoms with van der Waals surface area (Å²) in [6.07, 6.45) is -1.72. The molecule has 0 amide bonds. The Morgan fingerprint density at radius 1 is 1.67 bits per heavy atom. The van der Waals surface area contributed by atoms with Gasteiger partial charge in [0.25, 0.3) is 6.43 Å². The number of aromatic nitrogens is 1. The Bertz CT molecular complexity index is 401. The Hall–Kier alpha value is -1.90. The van der Waals surface area contributed by atoms with E-state index in [4.69, 9.17) is 15.7 Å². The molecule has 2 N–H and O–H groups in total. The van der Waals surface area contributed by atoms with Crippen molar-refractivity contribution < 1.29 is 13.5 Å². The second kappa shape index (κ2) is 4.55. The van der Waals surface area contributed by atoms with Crippen molar-refractivity contribution in [2.75, 3.05) is 12.8 Å². The maximum atomic E-state index is 12.7. The number of pyridine rings is 1. The highest BCUT2D eigenvalue weighted by Gasteiger charge is 2.21. The van der Waals surface area contributed by atoms with Crippen LogP contribution in [0.3, 0.4) is 0 Å². The first-order chi connectivity index (χ1) is 7.11. The molecule has 0 unspecified atom stereocenters. The molecule has 1 rings (SSSR count). The molecule has 1 heterocycles. The number of nitrogen functional groups attached to an aromatic ring is 1. The molecule has 0 fully saturated rings. The van der Waals surface area contributed by atoms with Crippen molar-refractivity contribution in [3.8, 4) is 11.8 Å². The van der Waals surface area contributed by atoms with E-state index >= 15 is 0 Å². The third kappa shape index (κ3) is 2.13. The van der Waals surface area contributed by atoms with Crippen molar-refractivity contribution in [2.45, 2.75) is 12.8 Å². The molecule has 4 nitrogen and oxygen atoms in total. The molecule has 0 spiro atoms. The molecular formula is C9H9F2N3O. The van der Waals surface area contributed by atoms with Gasteiger partial charge in [0.05, 0.1) is 25.2 Å². The number of hydrogen-bond donors (Lipinski definition) is 1. The van der Waals surface area contributed by atoms with Gasteiger partial charge in [-0.15, -0.1) is 0 Å². The molecule has 1 aromatic rings. The first kappa shape index (κ1) is 11.2. The third-order valence-corrected chi connectivity index (χ3v) is 1.87. The standard InChI is InChI=1S/C9H9F2N3O/c1-15-7-6(8(10)11)5(2-3-12)4-14-9(7)13/h4,8H,2H2,1H3,(H2,13,14). The summed E-state index contributed by atoms with van der Waals surface area (Å²) >= 11 is 0. The summed E-state index contributed by atoms with van der Waals surface area (Å²) in [5.41, 5.74) is 5.16. The number of alkyl halides is 2. The van der Waals surface area contributed by atoms with Gasteiger partial charge in [-0.2, -0.15) is 5.26 Å². The second-order valence-electron chi connectivity index (χ2n) is 2.75. The number of anilines is 1. The molecule has 15 heavy (non-hydrogen) atoms. The number of nitrogens with zero attached hydrogens (tertiary/aromatic N) is 2. The fourth-order valence-electron chi connectivity index (χ4n) is 1.24. The number of halogens is 2. The molecule has 0 aliphatic rings. The molecule has 0 saturated carbocycles. The fourth-order valence-corrected chi connectivity index (χ4v) is 1.24. The Morgan fingerprint density at radius 3 is 2.80 bits per heavy atom. The Labute approximate surface area is 85.3 Å². The minimum Gasteiger partial charge on any atom is -0.492 e. The molecule has 0 bridgehead atoms. The highest BCUT2D eigenvalue weighted by Crippen LogP contribution is 2.35. The molecular weight excluding hydrogens is 204 g/mol. The van der Waals surface area contributed by atoms with E-state index in [-0.39, 0.29) is 29.1 Å². The summed E-state index contributed by atoms with van der Waals surface area (Å²) in [6.45, 7) is 0. The lowest BCUT2D eigenvalue weighted by atomic mass is 10.1. The van der Waals surface area contributed by atoms with Gasteiger partial charge in [0, 0.05) is 6.20 Å². The highest BCUT2D eigenvalue weighted by atomic mass is 19.3. The predicted octanol–water partition coefficient (Wildman–Crippen LogP) is 1.68. The second-order valence-corrected chi connectivity index (χ2v) is 2.75. The molecule has 1 aromatic heterocycles. The number of methoxy groups -OCH3 is 1. The molecule has 0 radical (unpaired) electrons. The van der Waals surface area contributed by atoms with E-state index < -0.39 is 6.43 Å². The number of nitriles is 1. The zero-order valence-corrected chi connectivity index (χ0v) is 8.00. The monoisotopic (exact) mass is 213 g/mol. The highest BCUT2D eigenvalue weighted by molar-refractivity contribution is 5.54. The van der Waals surface area contributed by atoms with Crippen LogP contribution in [0.5, 0.6) is 5.75 Å². The van der Waals surface area contributed by atoms with Gasteiger partial charge in [0.2, 0.25) is 0 Å². The van der Waals surface area contributed by atoms with E-state index in [1.54, 1.807) is 6.07 Å². The van der Waals surface area contributed by atoms with E-state index in [9.17, 15) is 8.78 Å². The van der Waals surface area contributed by atoms with E-state index in [2.05, 4.69) is 4.98 Å². The zero-order chi connectivity index (χ0) is 11.4. The number of rotatable bonds is 3. The lowest BCUT2D eigenvalue weighted by Gasteiger charge is -2.12. The van der Waals surface area contributed by atoms with Crippen LogP contribution >= 0.6 is 0 Å². The fraction of sp³-hybridized carbons (Fsp3) is 0.333. The summed E-state index contributed by atoms with van der Waals surface area (Å²) in [5.74, 6) is -0.257. The summed E-state index contributed by atoms with van der Waals surface area (Å²) in [4.78, 5) is 3.68. The summed E-state index contributed by atoms with van der Waals surface area (Å²) in [6, 6.07) is 1.78. The first-order valence-electron chi connectivity index (χ1n) is 4.08. The normalized spacial score (nSPS) is 10.1. The van der Waals surface area contributed by atoms with E-state index in [0.717, 1.165) is 0 Å². The predicted molar refractivity (Wildman–Crippen MR) is 49.5 cm³/mol. The SMILES string of the molecule is COc1c(N)ncc(CC#N)c1C(F)F. The van der Waals surface area contributed by atoms with Crippen LogP contribution in [0.1, 0.15) is 17.6 Å². The van der Waals surface area contributed by atoms with Gasteiger partial charge >= 0.3 is 0 Å². The maximum Gasteiger partial charge on any atom is 0.267 e. The molecule has 6 heteroatoms. The van der Waals surface area contributed by atoms with Crippen LogP contribution in [0.15, 0.2) is 6.20 Å². The summed E-state index contributed by atoms with van der Waals surface area (Å²) < 4.78 is 30.2. The van der Waals surface area contributed by atoms with Gasteiger partial charge in [-0.05, 0) is 5.56 Å². The number of hydrogen-bond acceptors (Lipinski definition) is 4. The van der Waals surface area contributed by atoms with Crippen molar-refractivity contribution in [1.82, 2.24) is 4.98 Å². The minimum absolute atomic E-state index is 0.102. The molecule has 0 atom stereocenters. The quantitative estimate of drug-likeness (QED) is 0.828. The molecule has 0 aliphatic heterocycles. The number of ether oxygens (including phenoxy) is 1. The van der Waals surface area contributed by atoms with Crippen molar-refractivity contribution in [3.05, 3.63) is 17.3 Å². The van der Waals surface area contributed by atoms with Crippen LogP contribution < -0.4 is 10.5 Å². The number of nitrogens with two attached hydrogens (primary N) is 1. The lowest BCUT2D eigenvalue weighted by molar-refractivity contribution is 0.146. The van der Waals surface area contributed by atoms with Crippen molar-refractivity contribution in [3.63, 3.8) is 0 Å². The molecule has 0 aromatic carbocycles. The zero-order valence-electron chi connectivity index (χ0n) is 8.00. The van der Waals surface area contributed by atoms with Crippen LogP contribution in [0.25, 0.3) is 0 Å². The van der Waals surface area contributed by atoms with Gasteiger partial charge < -0.3 is 10.5 Å². The smallest absolute Gasteiger partial charge is 0.267 e. The van der Waals surface area contributed by atoms with Crippen molar-refractivity contribution >= 4 is 5.82 Å². The summed E-state index contributed by atoms with van der Waals surface area (Å²) in [7, 11) is 1.23. The molecule has 0 aliphatic carbocycles. The third-order valence-electron chi connectivity index (χ3n) is 1.87. The van der Waals surface area contributed by atoms with Gasteiger partial charge in [0.15, 0.2) is 11.6 Å². The van der Waals surface area contributed by atoms with Gasteiger partial charge in [-0.1, -0.05) is 0 Å². The molecule has 0 saturated heterocycles. The van der Waals surface area contributed by atoms with Crippen LogP contribution in [-0.4, -0.2) is 12.1 Å². The van der Waals surface area contributed by atoms with Gasteiger partial charge in [-0.3, -0.25) is 0 Å². The van der Waals surface area contributed by atoms with Crippen LogP contribution in [0.2, 0.25) is 0 Å². The minimum atomic E-state index is -2.74. The largest absolute Gasteiger partial charge is 0.492 e. The molecule has 80 valence electrons. The van der Waals surface area contributed by atoms with Crippen molar-refractivity contribution in [2.24, 2.45) is 0 Å². The van der Waals surface area contributed by atoms with E-state index in [0.29, 0.717) is 0 Å². The Morgan fingerprint density at radius 2 is 2.33 bits per heavy atom. The Balaban J connectivity index is 3.36. The van der Waals surface area contributed by atoms with Crippen LogP contribution in [0.4, 0.5) is 14.6 Å². The van der Waals surface area contributed by atoms with Gasteiger partial charge in [0.1, 0.15) is 0 Å². The lowest BCUT2D eigenvalue weighted by Crippen LogP contribution is -2.04. The topological polar surface area (TPSA) is 71.9 Å². The maximum absolute atomic E-state index is 12.7. The van der Waals surface area contributed by atoms with E-state index in [1.807, 2.05) is 0 Å². The van der Waals surface area contributed by atoms with Gasteiger partial charge in [-0.25, -0.2) is 13.8 Å².